The molecule has 3 rings (SSSR count). The van der Waals surface area contributed by atoms with Gasteiger partial charge in [-0.2, -0.15) is 0 Å². The topological polar surface area (TPSA) is 73.2 Å². The third-order valence-electron chi connectivity index (χ3n) is 4.14. The molecule has 0 radical (unpaired) electrons. The lowest BCUT2D eigenvalue weighted by Crippen LogP contribution is -2.25. The summed E-state index contributed by atoms with van der Waals surface area (Å²) in [4.78, 5) is 28.9. The molecule has 0 aliphatic heterocycles. The number of halogens is 4. The molecular weight excluding hydrogens is 533 g/mol. The highest BCUT2D eigenvalue weighted by Gasteiger charge is 2.19. The van der Waals surface area contributed by atoms with Crippen LogP contribution >= 0.6 is 28.5 Å². The molecule has 0 aliphatic rings. The van der Waals surface area contributed by atoms with Gasteiger partial charge in [0.1, 0.15) is 35.4 Å². The molecule has 156 valence electrons. The Kier molecular flexibility index (Phi) is 7.22. The Morgan fingerprint density at radius 1 is 1.27 bits per heavy atom. The van der Waals surface area contributed by atoms with Gasteiger partial charge in [0.2, 0.25) is 0 Å². The fourth-order valence-corrected chi connectivity index (χ4v) is 3.31. The molecule has 3 aromatic rings. The first kappa shape index (κ1) is 22.4. The highest BCUT2D eigenvalue weighted by molar-refractivity contribution is 14.2. The second kappa shape index (κ2) is 9.67. The van der Waals surface area contributed by atoms with E-state index in [9.17, 15) is 22.8 Å². The predicted octanol–water partition coefficient (Wildman–Crippen LogP) is 4.37. The van der Waals surface area contributed by atoms with Crippen molar-refractivity contribution in [2.45, 2.75) is 13.3 Å². The number of rotatable bonds is 6. The van der Waals surface area contributed by atoms with E-state index in [0.717, 1.165) is 34.9 Å². The number of fused-ring (bicyclic) bond motifs is 1. The second-order valence-corrected chi connectivity index (χ2v) is 7.64. The van der Waals surface area contributed by atoms with E-state index in [2.05, 4.69) is 10.5 Å². The molecule has 30 heavy (non-hydrogen) atoms. The molecule has 0 spiro atoms. The highest BCUT2D eigenvalue weighted by Crippen LogP contribution is 2.22. The van der Waals surface area contributed by atoms with E-state index in [4.69, 9.17) is 4.62 Å². The van der Waals surface area contributed by atoms with E-state index in [1.165, 1.54) is 12.1 Å². The molecule has 0 saturated carbocycles. The van der Waals surface area contributed by atoms with E-state index in [1.54, 1.807) is 6.92 Å². The number of para-hydroxylation sites is 1. The van der Waals surface area contributed by atoms with Crippen LogP contribution in [0.1, 0.15) is 18.3 Å². The van der Waals surface area contributed by atoms with Crippen LogP contribution in [0.2, 0.25) is 0 Å². The largest absolute Gasteiger partial charge is 0.268 e. The zero-order valence-corrected chi connectivity index (χ0v) is 18.5. The fourth-order valence-electron chi connectivity index (χ4n) is 2.84. The van der Waals surface area contributed by atoms with Crippen LogP contribution in [0.25, 0.3) is 22.7 Å². The summed E-state index contributed by atoms with van der Waals surface area (Å²) in [5, 5.41) is -0.0543. The molecule has 2 aromatic carbocycles. The van der Waals surface area contributed by atoms with Crippen molar-refractivity contribution in [3.05, 3.63) is 75.6 Å². The van der Waals surface area contributed by atoms with E-state index < -0.39 is 34.6 Å². The second-order valence-electron chi connectivity index (χ2n) is 5.96. The van der Waals surface area contributed by atoms with Crippen molar-refractivity contribution in [2.24, 2.45) is 0 Å². The molecule has 11 heteroatoms. The molecule has 6 nitrogen and oxygen atoms in total. The number of nitrogens with one attached hydrogen (secondary N) is 1. The van der Waals surface area contributed by atoms with Crippen molar-refractivity contribution >= 4 is 51.4 Å². The van der Waals surface area contributed by atoms with Gasteiger partial charge in [-0.1, -0.05) is 13.0 Å². The molecule has 1 N–H and O–H groups in total. The first-order valence-electron chi connectivity index (χ1n) is 8.56. The number of amides is 1. The normalized spacial score (nSPS) is 11.8. The van der Waals surface area contributed by atoms with E-state index >= 15 is 0 Å². The Balaban J connectivity index is 2.20. The number of aromatic nitrogens is 2. The maximum Gasteiger partial charge on any atom is 0.267 e. The summed E-state index contributed by atoms with van der Waals surface area (Å²) in [5.41, 5.74) is 0.788. The third kappa shape index (κ3) is 4.55. The minimum atomic E-state index is -0.928. The molecule has 0 bridgehead atoms. The van der Waals surface area contributed by atoms with Crippen molar-refractivity contribution in [3.8, 4) is 5.69 Å². The lowest BCUT2D eigenvalue weighted by molar-refractivity contribution is -0.122. The monoisotopic (exact) mass is 547 g/mol. The van der Waals surface area contributed by atoms with Crippen LogP contribution in [0.5, 0.6) is 0 Å². The quantitative estimate of drug-likeness (QED) is 0.216. The van der Waals surface area contributed by atoms with Gasteiger partial charge in [-0.25, -0.2) is 28.3 Å². The van der Waals surface area contributed by atoms with Gasteiger partial charge in [0.05, 0.1) is 10.9 Å². The average molecular weight is 547 g/mol. The van der Waals surface area contributed by atoms with Gasteiger partial charge < -0.3 is 0 Å². The number of hydrogen-bond acceptors (Lipinski definition) is 4. The Bertz CT molecular complexity index is 1200. The minimum absolute atomic E-state index is 0.00187. The van der Waals surface area contributed by atoms with E-state index in [0.29, 0.717) is 0 Å². The average Bonchev–Trinajstić information content (AvgIpc) is 2.72. The summed E-state index contributed by atoms with van der Waals surface area (Å²) in [6.45, 7) is 1.66. The van der Waals surface area contributed by atoms with Crippen LogP contribution in [-0.4, -0.2) is 15.5 Å². The molecule has 1 aromatic heterocycles. The summed E-state index contributed by atoms with van der Waals surface area (Å²) >= 11 is 1.91. The third-order valence-corrected chi connectivity index (χ3v) is 4.98. The van der Waals surface area contributed by atoms with Crippen molar-refractivity contribution < 1.29 is 22.6 Å². The summed E-state index contributed by atoms with van der Waals surface area (Å²) in [6.07, 6.45) is 2.37. The van der Waals surface area contributed by atoms with Crippen LogP contribution < -0.4 is 11.0 Å². The summed E-state index contributed by atoms with van der Waals surface area (Å²) in [5.74, 6) is -3.11. The summed E-state index contributed by atoms with van der Waals surface area (Å²) < 4.78 is 48.7. The number of hydrogen-bond donors (Lipinski definition) is 1. The summed E-state index contributed by atoms with van der Waals surface area (Å²) in [6, 6.07) is 5.47. The lowest BCUT2D eigenvalue weighted by Gasteiger charge is -2.14. The van der Waals surface area contributed by atoms with Crippen molar-refractivity contribution in [2.75, 3.05) is 0 Å². The van der Waals surface area contributed by atoms with Gasteiger partial charge in [0.25, 0.3) is 11.5 Å². The first-order valence-corrected chi connectivity index (χ1v) is 12.6. The van der Waals surface area contributed by atoms with Gasteiger partial charge in [0, 0.05) is 24.1 Å². The van der Waals surface area contributed by atoms with Crippen molar-refractivity contribution in [3.63, 3.8) is 0 Å². The molecule has 1 unspecified atom stereocenters. The number of benzene rings is 2. The first-order chi connectivity index (χ1) is 14.4. The summed E-state index contributed by atoms with van der Waals surface area (Å²) in [7, 11) is 0. The minimum Gasteiger partial charge on any atom is -0.268 e. The van der Waals surface area contributed by atoms with Gasteiger partial charge in [-0.15, -0.1) is 0 Å². The highest BCUT2D eigenvalue weighted by atomic mass is 127. The smallest absolute Gasteiger partial charge is 0.267 e. The van der Waals surface area contributed by atoms with Crippen LogP contribution in [0.3, 0.4) is 0 Å². The fraction of sp³-hybridized carbons (Fsp3) is 0.105. The van der Waals surface area contributed by atoms with E-state index in [1.807, 2.05) is 22.0 Å². The molecule has 1 atom stereocenters. The van der Waals surface area contributed by atoms with Crippen LogP contribution in [0.15, 0.2) is 41.2 Å². The zero-order chi connectivity index (χ0) is 21.8. The molecule has 0 fully saturated rings. The Morgan fingerprint density at radius 2 is 1.97 bits per heavy atom. The van der Waals surface area contributed by atoms with Gasteiger partial charge in [-0.05, 0) is 46.3 Å². The maximum absolute atomic E-state index is 14.5. The SMILES string of the molecule is CCc1nc2cc(F)c(/C=C/C(=O)NOPI)cc2c(=O)n1-c1c(F)cccc1F. The number of carbonyl (C=O) groups is 1. The zero-order valence-electron chi connectivity index (χ0n) is 15.4. The van der Waals surface area contributed by atoms with Gasteiger partial charge in [-0.3, -0.25) is 14.2 Å². The molecule has 0 aliphatic carbocycles. The molecule has 0 saturated heterocycles. The number of hydroxylamine groups is 1. The lowest BCUT2D eigenvalue weighted by atomic mass is 10.1. The van der Waals surface area contributed by atoms with Gasteiger partial charge >= 0.3 is 0 Å². The Labute approximate surface area is 183 Å². The van der Waals surface area contributed by atoms with Crippen molar-refractivity contribution in [1.82, 2.24) is 15.0 Å². The standard InChI is InChI=1S/C19H14F3IN3O3P/c1-2-16-24-15-9-14(22)10(6-7-17(27)25-29-30-23)8-11(15)19(28)26(16)18-12(20)4-3-5-13(18)21/h3-9,30H,2H2,1H3,(H,25,27)/b7-6+. The van der Waals surface area contributed by atoms with E-state index in [-0.39, 0.29) is 35.2 Å². The van der Waals surface area contributed by atoms with Crippen LogP contribution in [0.4, 0.5) is 13.2 Å². The predicted molar refractivity (Wildman–Crippen MR) is 117 cm³/mol. The Hall–Kier alpha value is -2.30. The number of nitrogens with zero attached hydrogens (tertiary/aromatic N) is 2. The number of carbonyl (C=O) groups excluding carboxylic acids is 1. The molecule has 1 amide bonds. The van der Waals surface area contributed by atoms with Crippen molar-refractivity contribution in [1.29, 1.82) is 0 Å². The Morgan fingerprint density at radius 3 is 2.60 bits per heavy atom. The number of aryl methyl sites for hydroxylation is 1. The van der Waals surface area contributed by atoms with Crippen LogP contribution in [0, 0.1) is 17.5 Å². The molecule has 1 heterocycles. The molecular formula is C19H14F3IN3O3P. The maximum atomic E-state index is 14.5. The van der Waals surface area contributed by atoms with Crippen LogP contribution in [-0.2, 0) is 15.8 Å². The van der Waals surface area contributed by atoms with Gasteiger partial charge in [0.15, 0.2) is 0 Å².